The Bertz CT molecular complexity index is 593. The quantitative estimate of drug-likeness (QED) is 0.309. The number of fused-ring (bicyclic) bond motifs is 1. The van der Waals surface area contributed by atoms with Crippen molar-refractivity contribution in [3.8, 4) is 0 Å². The van der Waals surface area contributed by atoms with Crippen LogP contribution in [0.4, 0.5) is 5.69 Å². The van der Waals surface area contributed by atoms with Crippen molar-refractivity contribution in [2.75, 3.05) is 45.1 Å². The number of hydrogen-bond acceptors (Lipinski definition) is 3. The van der Waals surface area contributed by atoms with Crippen molar-refractivity contribution in [3.05, 3.63) is 29.8 Å². The molecular formula is C19H32IN5O. The Morgan fingerprint density at radius 2 is 2.04 bits per heavy atom. The van der Waals surface area contributed by atoms with Gasteiger partial charge in [0.05, 0.1) is 0 Å². The summed E-state index contributed by atoms with van der Waals surface area (Å²) in [5.41, 5.74) is 2.11. The van der Waals surface area contributed by atoms with E-state index in [9.17, 15) is 4.79 Å². The van der Waals surface area contributed by atoms with Gasteiger partial charge in [-0.25, -0.2) is 0 Å². The fourth-order valence-electron chi connectivity index (χ4n) is 3.20. The molecule has 6 nitrogen and oxygen atoms in total. The predicted octanol–water partition coefficient (Wildman–Crippen LogP) is 2.63. The average Bonchev–Trinajstić information content (AvgIpc) is 2.63. The van der Waals surface area contributed by atoms with Gasteiger partial charge < -0.3 is 20.9 Å². The fraction of sp³-hybridized carbons (Fsp3) is 0.579. The fourth-order valence-corrected chi connectivity index (χ4v) is 3.20. The third-order valence-electron chi connectivity index (χ3n) is 4.55. The zero-order valence-electron chi connectivity index (χ0n) is 16.0. The number of rotatable bonds is 8. The molecule has 1 aromatic carbocycles. The standard InChI is InChI=1S/C19H31N5O.HI/c1-4-11-24(5-2)12-10-21-19(20-3)22-14-15-13-18(25)23-17-9-7-6-8-16(15)17;/h6-9,15H,4-5,10-14H2,1-3H3,(H,23,25)(H2,20,21,22);1H. The van der Waals surface area contributed by atoms with E-state index in [0.29, 0.717) is 13.0 Å². The number of amides is 1. The molecule has 1 amide bonds. The molecule has 1 aliphatic heterocycles. The van der Waals surface area contributed by atoms with E-state index in [2.05, 4.69) is 45.8 Å². The Kier molecular flexibility index (Phi) is 10.6. The number of nitrogens with one attached hydrogen (secondary N) is 3. The van der Waals surface area contributed by atoms with Gasteiger partial charge in [0.1, 0.15) is 0 Å². The summed E-state index contributed by atoms with van der Waals surface area (Å²) in [6.07, 6.45) is 1.67. The van der Waals surface area contributed by atoms with Crippen LogP contribution in [0.15, 0.2) is 29.3 Å². The summed E-state index contributed by atoms with van der Waals surface area (Å²) in [7, 11) is 1.78. The highest BCUT2D eigenvalue weighted by molar-refractivity contribution is 14.0. The van der Waals surface area contributed by atoms with Gasteiger partial charge >= 0.3 is 0 Å². The van der Waals surface area contributed by atoms with E-state index in [1.807, 2.05) is 18.2 Å². The molecule has 1 heterocycles. The van der Waals surface area contributed by atoms with Crippen LogP contribution in [0.25, 0.3) is 0 Å². The first-order chi connectivity index (χ1) is 12.2. The van der Waals surface area contributed by atoms with Crippen LogP contribution in [-0.4, -0.2) is 56.5 Å². The molecule has 146 valence electrons. The molecule has 0 bridgehead atoms. The summed E-state index contributed by atoms with van der Waals surface area (Å²) in [5.74, 6) is 1.03. The van der Waals surface area contributed by atoms with Crippen molar-refractivity contribution >= 4 is 41.5 Å². The van der Waals surface area contributed by atoms with Crippen LogP contribution >= 0.6 is 24.0 Å². The maximum Gasteiger partial charge on any atom is 0.225 e. The Hall–Kier alpha value is -1.35. The van der Waals surface area contributed by atoms with E-state index in [-0.39, 0.29) is 35.8 Å². The number of nitrogens with zero attached hydrogens (tertiary/aromatic N) is 2. The Labute approximate surface area is 174 Å². The SMILES string of the molecule is CCCN(CC)CCNC(=NC)NCC1CC(=O)Nc2ccccc21.I. The molecule has 0 saturated heterocycles. The van der Waals surface area contributed by atoms with E-state index in [1.165, 1.54) is 12.0 Å². The molecule has 3 N–H and O–H groups in total. The number of para-hydroxylation sites is 1. The minimum absolute atomic E-state index is 0. The van der Waals surface area contributed by atoms with Gasteiger partial charge in [-0.3, -0.25) is 9.79 Å². The summed E-state index contributed by atoms with van der Waals surface area (Å²) in [5, 5.41) is 9.67. The van der Waals surface area contributed by atoms with Crippen LogP contribution in [0.2, 0.25) is 0 Å². The first-order valence-electron chi connectivity index (χ1n) is 9.23. The Balaban J connectivity index is 0.00000338. The third kappa shape index (κ3) is 6.75. The summed E-state index contributed by atoms with van der Waals surface area (Å²) in [6.45, 7) is 9.13. The van der Waals surface area contributed by atoms with Crippen LogP contribution in [0.3, 0.4) is 0 Å². The molecule has 0 aliphatic carbocycles. The zero-order chi connectivity index (χ0) is 18.1. The summed E-state index contributed by atoms with van der Waals surface area (Å²) < 4.78 is 0. The topological polar surface area (TPSA) is 68.8 Å². The lowest BCUT2D eigenvalue weighted by Gasteiger charge is -2.26. The van der Waals surface area contributed by atoms with E-state index >= 15 is 0 Å². The Morgan fingerprint density at radius 3 is 2.73 bits per heavy atom. The number of carbonyl (C=O) groups excluding carboxylic acids is 1. The first-order valence-corrected chi connectivity index (χ1v) is 9.23. The van der Waals surface area contributed by atoms with Gasteiger partial charge in [-0.2, -0.15) is 0 Å². The number of benzene rings is 1. The molecule has 0 fully saturated rings. The van der Waals surface area contributed by atoms with Crippen molar-refractivity contribution in [2.24, 2.45) is 4.99 Å². The van der Waals surface area contributed by atoms with Gasteiger partial charge in [-0.1, -0.05) is 32.0 Å². The molecule has 1 atom stereocenters. The number of aliphatic imine (C=N–C) groups is 1. The van der Waals surface area contributed by atoms with Gasteiger partial charge in [0.2, 0.25) is 5.91 Å². The smallest absolute Gasteiger partial charge is 0.225 e. The van der Waals surface area contributed by atoms with Crippen molar-refractivity contribution in [1.29, 1.82) is 0 Å². The molecule has 0 spiro atoms. The first kappa shape index (κ1) is 22.7. The van der Waals surface area contributed by atoms with E-state index in [0.717, 1.165) is 37.8 Å². The van der Waals surface area contributed by atoms with E-state index in [4.69, 9.17) is 0 Å². The number of anilines is 1. The lowest BCUT2D eigenvalue weighted by molar-refractivity contribution is -0.116. The molecule has 26 heavy (non-hydrogen) atoms. The predicted molar refractivity (Wildman–Crippen MR) is 120 cm³/mol. The Morgan fingerprint density at radius 1 is 1.27 bits per heavy atom. The van der Waals surface area contributed by atoms with Crippen LogP contribution in [0.1, 0.15) is 38.2 Å². The molecule has 1 aromatic rings. The minimum atomic E-state index is 0. The summed E-state index contributed by atoms with van der Waals surface area (Å²) in [6, 6.07) is 8.01. The van der Waals surface area contributed by atoms with Gasteiger partial charge in [-0.15, -0.1) is 24.0 Å². The summed E-state index contributed by atoms with van der Waals surface area (Å²) >= 11 is 0. The zero-order valence-corrected chi connectivity index (χ0v) is 18.4. The highest BCUT2D eigenvalue weighted by atomic mass is 127. The lowest BCUT2D eigenvalue weighted by Crippen LogP contribution is -2.43. The second kappa shape index (κ2) is 12.1. The van der Waals surface area contributed by atoms with Crippen LogP contribution in [0.5, 0.6) is 0 Å². The van der Waals surface area contributed by atoms with Gasteiger partial charge in [-0.05, 0) is 31.1 Å². The number of likely N-dealkylation sites (N-methyl/N-ethyl adjacent to an activating group) is 1. The molecule has 0 aromatic heterocycles. The van der Waals surface area contributed by atoms with Crippen molar-refractivity contribution in [3.63, 3.8) is 0 Å². The van der Waals surface area contributed by atoms with Gasteiger partial charge in [0.25, 0.3) is 0 Å². The number of hydrogen-bond donors (Lipinski definition) is 3. The van der Waals surface area contributed by atoms with Gasteiger partial charge in [0, 0.05) is 44.7 Å². The van der Waals surface area contributed by atoms with E-state index < -0.39 is 0 Å². The molecule has 7 heteroatoms. The van der Waals surface area contributed by atoms with E-state index in [1.54, 1.807) is 7.05 Å². The molecule has 1 unspecified atom stereocenters. The van der Waals surface area contributed by atoms with Gasteiger partial charge in [0.15, 0.2) is 5.96 Å². The number of halogens is 1. The largest absolute Gasteiger partial charge is 0.356 e. The minimum Gasteiger partial charge on any atom is -0.356 e. The normalized spacial score (nSPS) is 16.5. The van der Waals surface area contributed by atoms with Crippen molar-refractivity contribution in [2.45, 2.75) is 32.6 Å². The lowest BCUT2D eigenvalue weighted by atomic mass is 9.90. The molecule has 2 rings (SSSR count). The van der Waals surface area contributed by atoms with Crippen LogP contribution in [0, 0.1) is 0 Å². The maximum absolute atomic E-state index is 11.9. The summed E-state index contributed by atoms with van der Waals surface area (Å²) in [4.78, 5) is 18.6. The van der Waals surface area contributed by atoms with Crippen LogP contribution in [-0.2, 0) is 4.79 Å². The van der Waals surface area contributed by atoms with Crippen LogP contribution < -0.4 is 16.0 Å². The third-order valence-corrected chi connectivity index (χ3v) is 4.55. The number of guanidine groups is 1. The van der Waals surface area contributed by atoms with Crippen molar-refractivity contribution < 1.29 is 4.79 Å². The molecule has 1 aliphatic rings. The second-order valence-corrected chi connectivity index (χ2v) is 6.35. The molecule has 0 radical (unpaired) electrons. The second-order valence-electron chi connectivity index (χ2n) is 6.35. The highest BCUT2D eigenvalue weighted by Gasteiger charge is 2.24. The van der Waals surface area contributed by atoms with Crippen molar-refractivity contribution in [1.82, 2.24) is 15.5 Å². The highest BCUT2D eigenvalue weighted by Crippen LogP contribution is 2.31. The molecule has 0 saturated carbocycles. The number of carbonyl (C=O) groups is 1. The average molecular weight is 473 g/mol. The molecular weight excluding hydrogens is 441 g/mol. The maximum atomic E-state index is 11.9. The monoisotopic (exact) mass is 473 g/mol.